The molecule has 1 aliphatic heterocycles. The van der Waals surface area contributed by atoms with Crippen molar-refractivity contribution in [2.45, 2.75) is 19.4 Å². The van der Waals surface area contributed by atoms with E-state index >= 15 is 0 Å². The second kappa shape index (κ2) is 2.08. The maximum absolute atomic E-state index is 10.7. The molecule has 0 fully saturated rings. The molecule has 0 saturated carbocycles. The minimum Gasteiger partial charge on any atom is -0.451 e. The van der Waals surface area contributed by atoms with E-state index < -0.39 is 17.5 Å². The van der Waals surface area contributed by atoms with Gasteiger partial charge >= 0.3 is 5.97 Å². The third kappa shape index (κ3) is 1.24. The molecule has 1 heterocycles. The van der Waals surface area contributed by atoms with Gasteiger partial charge in [0.15, 0.2) is 0 Å². The Morgan fingerprint density at radius 1 is 1.64 bits per heavy atom. The summed E-state index contributed by atoms with van der Waals surface area (Å²) in [5.41, 5.74) is 4.36. The van der Waals surface area contributed by atoms with Crippen molar-refractivity contribution in [3.63, 3.8) is 0 Å². The van der Waals surface area contributed by atoms with Crippen molar-refractivity contribution >= 4 is 11.9 Å². The van der Waals surface area contributed by atoms with Gasteiger partial charge in [0.25, 0.3) is 0 Å². The average Bonchev–Trinajstić information content (AvgIpc) is 2.04. The van der Waals surface area contributed by atoms with Gasteiger partial charge in [-0.15, -0.1) is 0 Å². The lowest BCUT2D eigenvalue weighted by Crippen LogP contribution is -2.31. The van der Waals surface area contributed by atoms with Gasteiger partial charge in [-0.2, -0.15) is 0 Å². The van der Waals surface area contributed by atoms with Crippen molar-refractivity contribution in [3.05, 3.63) is 11.6 Å². The Hall–Kier alpha value is -1.32. The molecule has 0 unspecified atom stereocenters. The highest BCUT2D eigenvalue weighted by Crippen LogP contribution is 2.26. The molecule has 4 nitrogen and oxygen atoms in total. The number of hydrogen-bond donors (Lipinski definition) is 1. The molecule has 0 aromatic heterocycles. The Morgan fingerprint density at radius 3 is 2.36 bits per heavy atom. The first-order valence-corrected chi connectivity index (χ1v) is 3.18. The summed E-state index contributed by atoms with van der Waals surface area (Å²) in [5.74, 6) is -1.12. The monoisotopic (exact) mass is 155 g/mol. The van der Waals surface area contributed by atoms with E-state index in [1.807, 2.05) is 0 Å². The molecule has 0 spiro atoms. The molecule has 0 aliphatic carbocycles. The second-order valence-corrected chi connectivity index (χ2v) is 2.85. The van der Waals surface area contributed by atoms with E-state index in [0.29, 0.717) is 0 Å². The highest BCUT2D eigenvalue weighted by molar-refractivity contribution is 6.03. The lowest BCUT2D eigenvalue weighted by atomic mass is 9.99. The SMILES string of the molecule is CC1(C)OC(=O)C=C1C(N)=O. The molecule has 60 valence electrons. The van der Waals surface area contributed by atoms with Gasteiger partial charge in [-0.1, -0.05) is 0 Å². The maximum atomic E-state index is 10.7. The van der Waals surface area contributed by atoms with E-state index in [1.54, 1.807) is 13.8 Å². The zero-order chi connectivity index (χ0) is 8.65. The topological polar surface area (TPSA) is 69.4 Å². The summed E-state index contributed by atoms with van der Waals surface area (Å²) in [6.07, 6.45) is 1.13. The molecular weight excluding hydrogens is 146 g/mol. The van der Waals surface area contributed by atoms with Gasteiger partial charge in [0, 0.05) is 6.08 Å². The summed E-state index contributed by atoms with van der Waals surface area (Å²) in [7, 11) is 0. The van der Waals surface area contributed by atoms with Crippen molar-refractivity contribution in [2.24, 2.45) is 5.73 Å². The summed E-state index contributed by atoms with van der Waals surface area (Å²) in [4.78, 5) is 21.4. The second-order valence-electron chi connectivity index (χ2n) is 2.85. The summed E-state index contributed by atoms with van der Waals surface area (Å²) >= 11 is 0. The first kappa shape index (κ1) is 7.78. The molecule has 11 heavy (non-hydrogen) atoms. The number of amides is 1. The van der Waals surface area contributed by atoms with E-state index in [-0.39, 0.29) is 5.57 Å². The van der Waals surface area contributed by atoms with Crippen LogP contribution in [0.5, 0.6) is 0 Å². The number of nitrogens with two attached hydrogens (primary N) is 1. The molecule has 4 heteroatoms. The molecule has 0 atom stereocenters. The number of carbonyl (C=O) groups excluding carboxylic acids is 2. The minimum atomic E-state index is -0.858. The van der Waals surface area contributed by atoms with Crippen LogP contribution in [0.2, 0.25) is 0 Å². The van der Waals surface area contributed by atoms with E-state index in [4.69, 9.17) is 10.5 Å². The van der Waals surface area contributed by atoms with Crippen LogP contribution in [-0.4, -0.2) is 17.5 Å². The first-order valence-electron chi connectivity index (χ1n) is 3.18. The van der Waals surface area contributed by atoms with E-state index in [9.17, 15) is 9.59 Å². The van der Waals surface area contributed by atoms with Crippen LogP contribution >= 0.6 is 0 Å². The minimum absolute atomic E-state index is 0.225. The van der Waals surface area contributed by atoms with E-state index in [1.165, 1.54) is 0 Å². The van der Waals surface area contributed by atoms with Crippen molar-refractivity contribution < 1.29 is 14.3 Å². The van der Waals surface area contributed by atoms with E-state index in [2.05, 4.69) is 0 Å². The van der Waals surface area contributed by atoms with Gasteiger partial charge in [0.05, 0.1) is 5.57 Å². The van der Waals surface area contributed by atoms with Crippen LogP contribution in [-0.2, 0) is 14.3 Å². The van der Waals surface area contributed by atoms with Crippen molar-refractivity contribution in [3.8, 4) is 0 Å². The molecule has 2 N–H and O–H groups in total. The van der Waals surface area contributed by atoms with Gasteiger partial charge in [0.1, 0.15) is 5.60 Å². The van der Waals surface area contributed by atoms with Gasteiger partial charge < -0.3 is 10.5 Å². The lowest BCUT2D eigenvalue weighted by Gasteiger charge is -2.18. The zero-order valence-corrected chi connectivity index (χ0v) is 6.38. The number of rotatable bonds is 1. The third-order valence-corrected chi connectivity index (χ3v) is 1.53. The van der Waals surface area contributed by atoms with Crippen molar-refractivity contribution in [2.75, 3.05) is 0 Å². The van der Waals surface area contributed by atoms with Crippen LogP contribution in [0.25, 0.3) is 0 Å². The number of carbonyl (C=O) groups is 2. The number of hydrogen-bond acceptors (Lipinski definition) is 3. The van der Waals surface area contributed by atoms with Crippen molar-refractivity contribution in [1.82, 2.24) is 0 Å². The molecule has 0 radical (unpaired) electrons. The van der Waals surface area contributed by atoms with E-state index in [0.717, 1.165) is 6.08 Å². The standard InChI is InChI=1S/C7H9NO3/c1-7(2)4(6(8)10)3-5(9)11-7/h3H,1-2H3,(H2,8,10). The quantitative estimate of drug-likeness (QED) is 0.530. The smallest absolute Gasteiger partial charge is 0.332 e. The summed E-state index contributed by atoms with van der Waals surface area (Å²) in [6.45, 7) is 3.24. The lowest BCUT2D eigenvalue weighted by molar-refractivity contribution is -0.143. The van der Waals surface area contributed by atoms with Crippen LogP contribution < -0.4 is 5.73 Å². The average molecular weight is 155 g/mol. The normalized spacial score (nSPS) is 20.9. The predicted molar refractivity (Wildman–Crippen MR) is 37.4 cm³/mol. The van der Waals surface area contributed by atoms with Crippen LogP contribution in [0.1, 0.15) is 13.8 Å². The van der Waals surface area contributed by atoms with Gasteiger partial charge in [-0.05, 0) is 13.8 Å². The Balaban J connectivity index is 3.01. The fourth-order valence-corrected chi connectivity index (χ4v) is 0.995. The molecule has 1 amide bonds. The number of cyclic esters (lactones) is 1. The van der Waals surface area contributed by atoms with Crippen LogP contribution in [0.3, 0.4) is 0 Å². The van der Waals surface area contributed by atoms with Crippen LogP contribution in [0.4, 0.5) is 0 Å². The molecule has 1 rings (SSSR count). The third-order valence-electron chi connectivity index (χ3n) is 1.53. The summed E-state index contributed by atoms with van der Waals surface area (Å²) < 4.78 is 4.79. The summed E-state index contributed by atoms with van der Waals surface area (Å²) in [6, 6.07) is 0. The highest BCUT2D eigenvalue weighted by Gasteiger charge is 2.36. The van der Waals surface area contributed by atoms with Crippen LogP contribution in [0, 0.1) is 0 Å². The number of esters is 1. The zero-order valence-electron chi connectivity index (χ0n) is 6.38. The maximum Gasteiger partial charge on any atom is 0.332 e. The van der Waals surface area contributed by atoms with Crippen LogP contribution in [0.15, 0.2) is 11.6 Å². The largest absolute Gasteiger partial charge is 0.451 e. The predicted octanol–water partition coefficient (Wildman–Crippen LogP) is -0.266. The molecule has 0 bridgehead atoms. The van der Waals surface area contributed by atoms with Gasteiger partial charge in [0.2, 0.25) is 5.91 Å². The Morgan fingerprint density at radius 2 is 2.18 bits per heavy atom. The highest BCUT2D eigenvalue weighted by atomic mass is 16.6. The number of primary amides is 1. The first-order chi connectivity index (χ1) is 4.93. The summed E-state index contributed by atoms with van der Waals surface area (Å²) in [5, 5.41) is 0. The molecular formula is C7H9NO3. The Kier molecular flexibility index (Phi) is 1.47. The van der Waals surface area contributed by atoms with Gasteiger partial charge in [-0.25, -0.2) is 4.79 Å². The van der Waals surface area contributed by atoms with Gasteiger partial charge in [-0.3, -0.25) is 4.79 Å². The molecule has 1 aliphatic rings. The number of ether oxygens (including phenoxy) is 1. The van der Waals surface area contributed by atoms with Crippen molar-refractivity contribution in [1.29, 1.82) is 0 Å². The molecule has 0 aromatic rings. The fourth-order valence-electron chi connectivity index (χ4n) is 0.995. The molecule has 0 aromatic carbocycles. The Labute approximate surface area is 64.0 Å². The fraction of sp³-hybridized carbons (Fsp3) is 0.429. The Bertz CT molecular complexity index is 252. The molecule has 0 saturated heterocycles.